The van der Waals surface area contributed by atoms with Gasteiger partial charge in [-0.1, -0.05) is 0 Å². The molecule has 0 aliphatic heterocycles. The topological polar surface area (TPSA) is 57.6 Å². The minimum Gasteiger partial charge on any atom is -0.396 e. The first-order valence-corrected chi connectivity index (χ1v) is 7.35. The number of benzene rings is 1. The van der Waals surface area contributed by atoms with Crippen molar-refractivity contribution in [1.29, 1.82) is 0 Å². The molecule has 0 aliphatic rings. The molecule has 0 aromatic heterocycles. The summed E-state index contributed by atoms with van der Waals surface area (Å²) in [7, 11) is -2.52. The van der Waals surface area contributed by atoms with E-state index in [4.69, 9.17) is 5.11 Å². The van der Waals surface area contributed by atoms with Crippen molar-refractivity contribution >= 4 is 10.0 Å². The van der Waals surface area contributed by atoms with Crippen LogP contribution in [0.4, 0.5) is 8.78 Å². The molecule has 0 amide bonds. The van der Waals surface area contributed by atoms with Gasteiger partial charge in [-0.05, 0) is 31.4 Å². The first-order chi connectivity index (χ1) is 8.87. The first-order valence-electron chi connectivity index (χ1n) is 5.91. The fourth-order valence-electron chi connectivity index (χ4n) is 1.60. The molecule has 1 rings (SSSR count). The third-order valence-electron chi connectivity index (χ3n) is 2.68. The average molecular weight is 293 g/mol. The standard InChI is InChI=1S/C12H17F2NO3S/c1-15(5-3-2-4-6-16)19(17,18)12-8-10(13)7-11(14)9-12/h7-9,16H,2-6H2,1H3. The largest absolute Gasteiger partial charge is 0.396 e. The highest BCUT2D eigenvalue weighted by Gasteiger charge is 2.21. The zero-order valence-corrected chi connectivity index (χ0v) is 11.5. The quantitative estimate of drug-likeness (QED) is 0.779. The Balaban J connectivity index is 2.79. The zero-order chi connectivity index (χ0) is 14.5. The van der Waals surface area contributed by atoms with Crippen LogP contribution in [0.15, 0.2) is 23.1 Å². The molecule has 0 saturated heterocycles. The van der Waals surface area contributed by atoms with Crippen LogP contribution < -0.4 is 0 Å². The lowest BCUT2D eigenvalue weighted by Gasteiger charge is -2.17. The summed E-state index contributed by atoms with van der Waals surface area (Å²) in [5.74, 6) is -1.85. The molecule has 0 unspecified atom stereocenters. The summed E-state index contributed by atoms with van der Waals surface area (Å²) in [5, 5.41) is 8.62. The summed E-state index contributed by atoms with van der Waals surface area (Å²) < 4.78 is 51.2. The molecule has 0 saturated carbocycles. The van der Waals surface area contributed by atoms with E-state index in [2.05, 4.69) is 0 Å². The van der Waals surface area contributed by atoms with Gasteiger partial charge in [-0.3, -0.25) is 0 Å². The van der Waals surface area contributed by atoms with Crippen LogP contribution in [0.1, 0.15) is 19.3 Å². The molecule has 0 spiro atoms. The lowest BCUT2D eigenvalue weighted by molar-refractivity contribution is 0.281. The molecule has 0 atom stereocenters. The highest BCUT2D eigenvalue weighted by Crippen LogP contribution is 2.17. The van der Waals surface area contributed by atoms with Crippen molar-refractivity contribution < 1.29 is 22.3 Å². The minimum absolute atomic E-state index is 0.0611. The first kappa shape index (κ1) is 16.0. The van der Waals surface area contributed by atoms with Crippen molar-refractivity contribution in [3.8, 4) is 0 Å². The molecular weight excluding hydrogens is 276 g/mol. The number of aliphatic hydroxyl groups excluding tert-OH is 1. The van der Waals surface area contributed by atoms with Gasteiger partial charge >= 0.3 is 0 Å². The van der Waals surface area contributed by atoms with Gasteiger partial charge in [0.2, 0.25) is 10.0 Å². The number of aliphatic hydroxyl groups is 1. The third kappa shape index (κ3) is 4.52. The van der Waals surface area contributed by atoms with E-state index >= 15 is 0 Å². The van der Waals surface area contributed by atoms with Crippen molar-refractivity contribution in [2.45, 2.75) is 24.2 Å². The molecule has 0 bridgehead atoms. The Morgan fingerprint density at radius 3 is 2.21 bits per heavy atom. The van der Waals surface area contributed by atoms with E-state index in [1.165, 1.54) is 7.05 Å². The lowest BCUT2D eigenvalue weighted by atomic mass is 10.2. The van der Waals surface area contributed by atoms with Gasteiger partial charge in [0.15, 0.2) is 0 Å². The molecule has 1 aromatic rings. The summed E-state index contributed by atoms with van der Waals surface area (Å²) in [6, 6.07) is 2.21. The summed E-state index contributed by atoms with van der Waals surface area (Å²) in [4.78, 5) is -0.394. The summed E-state index contributed by atoms with van der Waals surface area (Å²) in [6.07, 6.45) is 1.87. The van der Waals surface area contributed by atoms with E-state index in [9.17, 15) is 17.2 Å². The third-order valence-corrected chi connectivity index (χ3v) is 4.51. The van der Waals surface area contributed by atoms with E-state index in [0.29, 0.717) is 25.3 Å². The maximum atomic E-state index is 13.0. The molecular formula is C12H17F2NO3S. The summed E-state index contributed by atoms with van der Waals surface area (Å²) in [5.41, 5.74) is 0. The second-order valence-corrected chi connectivity index (χ2v) is 6.26. The fraction of sp³-hybridized carbons (Fsp3) is 0.500. The second-order valence-electron chi connectivity index (χ2n) is 4.22. The maximum Gasteiger partial charge on any atom is 0.243 e. The smallest absolute Gasteiger partial charge is 0.243 e. The molecule has 108 valence electrons. The van der Waals surface area contributed by atoms with Crippen molar-refractivity contribution in [3.05, 3.63) is 29.8 Å². The highest BCUT2D eigenvalue weighted by molar-refractivity contribution is 7.89. The van der Waals surface area contributed by atoms with Crippen molar-refractivity contribution in [1.82, 2.24) is 4.31 Å². The van der Waals surface area contributed by atoms with Crippen LogP contribution in [0.2, 0.25) is 0 Å². The Morgan fingerprint density at radius 1 is 1.11 bits per heavy atom. The SMILES string of the molecule is CN(CCCCCO)S(=O)(=O)c1cc(F)cc(F)c1. The molecule has 1 aromatic carbocycles. The molecule has 0 radical (unpaired) electrons. The van der Waals surface area contributed by atoms with E-state index in [0.717, 1.165) is 16.4 Å². The van der Waals surface area contributed by atoms with Crippen molar-refractivity contribution in [2.24, 2.45) is 0 Å². The van der Waals surface area contributed by atoms with Crippen LogP contribution in [-0.4, -0.2) is 38.0 Å². The Hall–Kier alpha value is -1.05. The molecule has 7 heteroatoms. The Morgan fingerprint density at radius 2 is 1.68 bits per heavy atom. The predicted molar refractivity (Wildman–Crippen MR) is 67.1 cm³/mol. The number of halogens is 2. The van der Waals surface area contributed by atoms with Crippen LogP contribution in [0.3, 0.4) is 0 Å². The van der Waals surface area contributed by atoms with Gasteiger partial charge in [0, 0.05) is 26.3 Å². The van der Waals surface area contributed by atoms with E-state index < -0.39 is 26.6 Å². The zero-order valence-electron chi connectivity index (χ0n) is 10.6. The van der Waals surface area contributed by atoms with Crippen LogP contribution in [-0.2, 0) is 10.0 Å². The molecule has 0 heterocycles. The van der Waals surface area contributed by atoms with Gasteiger partial charge in [-0.15, -0.1) is 0 Å². The van der Waals surface area contributed by atoms with Crippen LogP contribution in [0.25, 0.3) is 0 Å². The highest BCUT2D eigenvalue weighted by atomic mass is 32.2. The summed E-state index contributed by atoms with van der Waals surface area (Å²) >= 11 is 0. The van der Waals surface area contributed by atoms with Gasteiger partial charge in [0.05, 0.1) is 4.90 Å². The van der Waals surface area contributed by atoms with Gasteiger partial charge in [-0.25, -0.2) is 21.5 Å². The average Bonchev–Trinajstić information content (AvgIpc) is 2.33. The van der Waals surface area contributed by atoms with Crippen molar-refractivity contribution in [3.63, 3.8) is 0 Å². The number of hydrogen-bond donors (Lipinski definition) is 1. The molecule has 0 fully saturated rings. The maximum absolute atomic E-state index is 13.0. The van der Waals surface area contributed by atoms with Gasteiger partial charge in [0.25, 0.3) is 0 Å². The Bertz CT molecular complexity index is 499. The van der Waals surface area contributed by atoms with E-state index in [-0.39, 0.29) is 13.2 Å². The van der Waals surface area contributed by atoms with Gasteiger partial charge < -0.3 is 5.11 Å². The lowest BCUT2D eigenvalue weighted by Crippen LogP contribution is -2.28. The monoisotopic (exact) mass is 293 g/mol. The number of rotatable bonds is 7. The van der Waals surface area contributed by atoms with Crippen molar-refractivity contribution in [2.75, 3.05) is 20.2 Å². The Kier molecular flexibility index (Phi) is 5.84. The number of sulfonamides is 1. The van der Waals surface area contributed by atoms with Crippen LogP contribution in [0.5, 0.6) is 0 Å². The van der Waals surface area contributed by atoms with E-state index in [1.807, 2.05) is 0 Å². The molecule has 0 aliphatic carbocycles. The Labute approximate surface area is 111 Å². The van der Waals surface area contributed by atoms with Crippen LogP contribution in [0, 0.1) is 11.6 Å². The normalized spacial score (nSPS) is 12.1. The molecule has 4 nitrogen and oxygen atoms in total. The molecule has 1 N–H and O–H groups in total. The molecule has 19 heavy (non-hydrogen) atoms. The number of unbranched alkanes of at least 4 members (excludes halogenated alkanes) is 2. The number of nitrogens with zero attached hydrogens (tertiary/aromatic N) is 1. The predicted octanol–water partition coefficient (Wildman–Crippen LogP) is 1.75. The van der Waals surface area contributed by atoms with Crippen LogP contribution >= 0.6 is 0 Å². The van der Waals surface area contributed by atoms with Gasteiger partial charge in [0.1, 0.15) is 11.6 Å². The number of hydrogen-bond acceptors (Lipinski definition) is 3. The minimum atomic E-state index is -3.88. The summed E-state index contributed by atoms with van der Waals surface area (Å²) in [6.45, 7) is 0.298. The fourth-order valence-corrected chi connectivity index (χ4v) is 2.85. The van der Waals surface area contributed by atoms with E-state index in [1.54, 1.807) is 0 Å². The van der Waals surface area contributed by atoms with Gasteiger partial charge in [-0.2, -0.15) is 0 Å². The second kappa shape index (κ2) is 6.93.